The zero-order valence-electron chi connectivity index (χ0n) is 15.2. The molecule has 1 aromatic heterocycles. The van der Waals surface area contributed by atoms with Crippen molar-refractivity contribution in [2.24, 2.45) is 16.7 Å². The summed E-state index contributed by atoms with van der Waals surface area (Å²) < 4.78 is 32.8. The normalized spacial score (nSPS) is 37.0. The van der Waals surface area contributed by atoms with Gasteiger partial charge in [0.05, 0.1) is 12.3 Å². The number of fused-ring (bicyclic) bond motifs is 1. The molecule has 1 spiro atoms. The van der Waals surface area contributed by atoms with Crippen molar-refractivity contribution in [1.29, 1.82) is 0 Å². The lowest BCUT2D eigenvalue weighted by molar-refractivity contribution is 0.108. The summed E-state index contributed by atoms with van der Waals surface area (Å²) >= 11 is 0. The molecule has 1 unspecified atom stereocenters. The average Bonchev–Trinajstić information content (AvgIpc) is 3.10. The minimum atomic E-state index is -3.28. The van der Waals surface area contributed by atoms with Crippen molar-refractivity contribution >= 4 is 10.0 Å². The molecule has 3 fully saturated rings. The largest absolute Gasteiger partial charge is 0.338 e. The third-order valence-electron chi connectivity index (χ3n) is 6.96. The van der Waals surface area contributed by atoms with E-state index in [9.17, 15) is 8.42 Å². The standard InChI is InChI=1S/C17H27N3O3S/c1-15(2,3)14-18-13(23-19-14)9-20-12-8-11-6-7-17(12,16(11,4)5)10-24(20,21)22/h11-12H,6-10H2,1-5H3/t11-,12-,17?/m1/s1. The number of aromatic nitrogens is 2. The summed E-state index contributed by atoms with van der Waals surface area (Å²) in [5.74, 6) is 1.92. The number of rotatable bonds is 2. The van der Waals surface area contributed by atoms with Crippen LogP contribution in [0.15, 0.2) is 4.52 Å². The molecule has 1 saturated heterocycles. The fraction of sp³-hybridized carbons (Fsp3) is 0.882. The third kappa shape index (κ3) is 2.00. The SMILES string of the molecule is CC(C)(C)c1noc(CN2[C@@H]3C[C@H]4CCC3(CS2(=O)=O)C4(C)C)n1. The molecule has 1 aliphatic heterocycles. The van der Waals surface area contributed by atoms with Gasteiger partial charge >= 0.3 is 0 Å². The number of nitrogens with zero attached hydrogens (tertiary/aromatic N) is 3. The highest BCUT2D eigenvalue weighted by atomic mass is 32.2. The molecule has 6 nitrogen and oxygen atoms in total. The lowest BCUT2D eigenvalue weighted by Gasteiger charge is -2.37. The first-order valence-corrected chi connectivity index (χ1v) is 10.4. The summed E-state index contributed by atoms with van der Waals surface area (Å²) in [6.07, 6.45) is 3.14. The highest BCUT2D eigenvalue weighted by molar-refractivity contribution is 7.89. The first-order valence-electron chi connectivity index (χ1n) is 8.80. The minimum absolute atomic E-state index is 0.0845. The lowest BCUT2D eigenvalue weighted by Crippen LogP contribution is -2.41. The van der Waals surface area contributed by atoms with Gasteiger partial charge in [0.25, 0.3) is 0 Å². The maximum atomic E-state index is 12.9. The van der Waals surface area contributed by atoms with Gasteiger partial charge in [0.2, 0.25) is 15.9 Å². The van der Waals surface area contributed by atoms with Crippen LogP contribution in [0.3, 0.4) is 0 Å². The number of hydrogen-bond donors (Lipinski definition) is 0. The van der Waals surface area contributed by atoms with E-state index < -0.39 is 10.0 Å². The number of hydrogen-bond acceptors (Lipinski definition) is 5. The summed E-state index contributed by atoms with van der Waals surface area (Å²) in [7, 11) is -3.28. The Bertz CT molecular complexity index is 777. The second-order valence-corrected chi connectivity index (χ2v) is 11.3. The van der Waals surface area contributed by atoms with Gasteiger partial charge < -0.3 is 4.52 Å². The fourth-order valence-corrected chi connectivity index (χ4v) is 7.85. The monoisotopic (exact) mass is 353 g/mol. The van der Waals surface area contributed by atoms with Crippen molar-refractivity contribution in [3.05, 3.63) is 11.7 Å². The maximum Gasteiger partial charge on any atom is 0.241 e. The van der Waals surface area contributed by atoms with Crippen molar-refractivity contribution in [3.63, 3.8) is 0 Å². The van der Waals surface area contributed by atoms with Gasteiger partial charge in [0.15, 0.2) is 5.82 Å². The zero-order chi connectivity index (χ0) is 17.5. The van der Waals surface area contributed by atoms with Crippen molar-refractivity contribution < 1.29 is 12.9 Å². The molecule has 4 rings (SSSR count). The molecule has 2 saturated carbocycles. The van der Waals surface area contributed by atoms with Crippen molar-refractivity contribution in [1.82, 2.24) is 14.4 Å². The summed E-state index contributed by atoms with van der Waals surface area (Å²) in [6, 6.07) is 0.0845. The van der Waals surface area contributed by atoms with Gasteiger partial charge in [0, 0.05) is 16.9 Å². The molecular weight excluding hydrogens is 326 g/mol. The van der Waals surface area contributed by atoms with E-state index >= 15 is 0 Å². The van der Waals surface area contributed by atoms with Crippen molar-refractivity contribution in [2.75, 3.05) is 5.75 Å². The van der Waals surface area contributed by atoms with Gasteiger partial charge in [0.1, 0.15) is 0 Å². The molecule has 0 amide bonds. The Labute approximate surface area is 144 Å². The molecule has 0 N–H and O–H groups in total. The van der Waals surface area contributed by atoms with Gasteiger partial charge in [-0.3, -0.25) is 0 Å². The molecule has 2 aliphatic carbocycles. The second kappa shape index (κ2) is 4.61. The van der Waals surface area contributed by atoms with Crippen LogP contribution in [0.4, 0.5) is 0 Å². The minimum Gasteiger partial charge on any atom is -0.338 e. The van der Waals surface area contributed by atoms with Crippen LogP contribution < -0.4 is 0 Å². The van der Waals surface area contributed by atoms with E-state index in [1.165, 1.54) is 0 Å². The van der Waals surface area contributed by atoms with Crippen LogP contribution in [0.5, 0.6) is 0 Å². The topological polar surface area (TPSA) is 76.3 Å². The Balaban J connectivity index is 1.66. The fourth-order valence-electron chi connectivity index (χ4n) is 5.34. The van der Waals surface area contributed by atoms with E-state index in [0.29, 0.717) is 17.6 Å². The van der Waals surface area contributed by atoms with Crippen molar-refractivity contribution in [3.8, 4) is 0 Å². The Kier molecular flexibility index (Phi) is 3.17. The Hall–Kier alpha value is -0.950. The third-order valence-corrected chi connectivity index (χ3v) is 8.94. The number of sulfonamides is 1. The average molecular weight is 353 g/mol. The van der Waals surface area contributed by atoms with Crippen LogP contribution in [-0.2, 0) is 22.0 Å². The molecule has 134 valence electrons. The smallest absolute Gasteiger partial charge is 0.241 e. The molecule has 24 heavy (non-hydrogen) atoms. The molecule has 1 aromatic rings. The Morgan fingerprint density at radius 3 is 2.62 bits per heavy atom. The first-order chi connectivity index (χ1) is 11.0. The summed E-state index contributed by atoms with van der Waals surface area (Å²) in [6.45, 7) is 10.8. The molecule has 7 heteroatoms. The van der Waals surface area contributed by atoms with E-state index in [1.54, 1.807) is 4.31 Å². The Morgan fingerprint density at radius 1 is 1.33 bits per heavy atom. The highest BCUT2D eigenvalue weighted by Gasteiger charge is 2.71. The predicted molar refractivity (Wildman–Crippen MR) is 89.7 cm³/mol. The molecule has 2 heterocycles. The lowest BCUT2D eigenvalue weighted by atomic mass is 9.69. The molecule has 2 bridgehead atoms. The zero-order valence-corrected chi connectivity index (χ0v) is 16.0. The van der Waals surface area contributed by atoms with Crippen LogP contribution in [-0.4, -0.2) is 34.7 Å². The van der Waals surface area contributed by atoms with E-state index in [-0.39, 0.29) is 34.6 Å². The van der Waals surface area contributed by atoms with E-state index in [2.05, 4.69) is 24.0 Å². The van der Waals surface area contributed by atoms with E-state index in [1.807, 2.05) is 20.8 Å². The van der Waals surface area contributed by atoms with Gasteiger partial charge in [-0.15, -0.1) is 0 Å². The molecular formula is C17H27N3O3S. The summed E-state index contributed by atoms with van der Waals surface area (Å²) in [5.41, 5.74) is -0.227. The molecule has 0 aromatic carbocycles. The van der Waals surface area contributed by atoms with Crippen LogP contribution >= 0.6 is 0 Å². The quantitative estimate of drug-likeness (QED) is 0.817. The first kappa shape index (κ1) is 16.5. The summed E-state index contributed by atoms with van der Waals surface area (Å²) in [5, 5.41) is 4.03. The predicted octanol–water partition coefficient (Wildman–Crippen LogP) is 2.71. The van der Waals surface area contributed by atoms with Gasteiger partial charge in [-0.2, -0.15) is 9.29 Å². The molecule has 0 radical (unpaired) electrons. The van der Waals surface area contributed by atoms with E-state index in [0.717, 1.165) is 19.3 Å². The maximum absolute atomic E-state index is 12.9. The van der Waals surface area contributed by atoms with Crippen LogP contribution in [0.1, 0.15) is 65.6 Å². The molecule has 3 aliphatic rings. The van der Waals surface area contributed by atoms with Gasteiger partial charge in [-0.05, 0) is 30.6 Å². The van der Waals surface area contributed by atoms with E-state index in [4.69, 9.17) is 4.52 Å². The molecule has 3 atom stereocenters. The summed E-state index contributed by atoms with van der Waals surface area (Å²) in [4.78, 5) is 4.44. The van der Waals surface area contributed by atoms with Gasteiger partial charge in [-0.1, -0.05) is 39.8 Å². The van der Waals surface area contributed by atoms with Gasteiger partial charge in [-0.25, -0.2) is 8.42 Å². The van der Waals surface area contributed by atoms with Crippen LogP contribution in [0.2, 0.25) is 0 Å². The van der Waals surface area contributed by atoms with Crippen LogP contribution in [0.25, 0.3) is 0 Å². The second-order valence-electron chi connectivity index (χ2n) is 9.43. The Morgan fingerprint density at radius 2 is 2.04 bits per heavy atom. The highest BCUT2D eigenvalue weighted by Crippen LogP contribution is 2.70. The van der Waals surface area contributed by atoms with Crippen LogP contribution in [0, 0.1) is 16.7 Å². The van der Waals surface area contributed by atoms with Crippen molar-refractivity contribution in [2.45, 2.75) is 71.9 Å².